The van der Waals surface area contributed by atoms with Crippen LogP contribution in [0.1, 0.15) is 0 Å². The Morgan fingerprint density at radius 1 is 1.47 bits per heavy atom. The van der Waals surface area contributed by atoms with Crippen LogP contribution < -0.4 is 15.8 Å². The highest BCUT2D eigenvalue weighted by Crippen LogP contribution is 2.24. The number of anilines is 2. The molecule has 94 valence electrons. The Morgan fingerprint density at radius 3 is 2.65 bits per heavy atom. The second-order valence-electron chi connectivity index (χ2n) is 3.57. The third kappa shape index (κ3) is 4.31. The normalized spacial score (nSPS) is 10.9. The molecule has 0 saturated carbocycles. The lowest BCUT2D eigenvalue weighted by molar-refractivity contribution is -0.113. The number of nitrogen functional groups attached to an aromatic ring is 1. The predicted molar refractivity (Wildman–Crippen MR) is 65.7 cm³/mol. The van der Waals surface area contributed by atoms with E-state index in [1.54, 1.807) is 12.1 Å². The molecule has 6 nitrogen and oxygen atoms in total. The Labute approximate surface area is 99.7 Å². The van der Waals surface area contributed by atoms with Crippen molar-refractivity contribution in [3.8, 4) is 5.75 Å². The van der Waals surface area contributed by atoms with Crippen molar-refractivity contribution in [3.63, 3.8) is 0 Å². The number of methoxy groups -OCH3 is 1. The summed E-state index contributed by atoms with van der Waals surface area (Å²) in [6.45, 7) is 0. The molecule has 0 heterocycles. The van der Waals surface area contributed by atoms with E-state index in [1.807, 2.05) is 0 Å². The molecule has 1 aromatic carbocycles. The molecule has 1 amide bonds. The van der Waals surface area contributed by atoms with E-state index in [9.17, 15) is 13.2 Å². The first kappa shape index (κ1) is 13.3. The Hall–Kier alpha value is -1.76. The monoisotopic (exact) mass is 258 g/mol. The summed E-state index contributed by atoms with van der Waals surface area (Å²) >= 11 is 0. The second-order valence-corrected chi connectivity index (χ2v) is 5.72. The van der Waals surface area contributed by atoms with Crippen LogP contribution in [0.2, 0.25) is 0 Å². The number of carbonyl (C=O) groups excluding carboxylic acids is 1. The fourth-order valence-corrected chi connectivity index (χ4v) is 1.77. The smallest absolute Gasteiger partial charge is 0.239 e. The average molecular weight is 258 g/mol. The largest absolute Gasteiger partial charge is 0.495 e. The molecule has 7 heteroatoms. The zero-order valence-corrected chi connectivity index (χ0v) is 10.4. The van der Waals surface area contributed by atoms with E-state index >= 15 is 0 Å². The molecule has 0 bridgehead atoms. The summed E-state index contributed by atoms with van der Waals surface area (Å²) in [6.07, 6.45) is 0.996. The Balaban J connectivity index is 2.79. The quantitative estimate of drug-likeness (QED) is 0.755. The Kier molecular flexibility index (Phi) is 3.95. The number of nitrogens with one attached hydrogen (secondary N) is 1. The highest BCUT2D eigenvalue weighted by Gasteiger charge is 2.11. The molecule has 0 atom stereocenters. The van der Waals surface area contributed by atoms with E-state index in [0.29, 0.717) is 17.1 Å². The summed E-state index contributed by atoms with van der Waals surface area (Å²) in [5, 5.41) is 2.45. The molecule has 0 aliphatic carbocycles. The lowest BCUT2D eigenvalue weighted by Crippen LogP contribution is -2.21. The van der Waals surface area contributed by atoms with Gasteiger partial charge < -0.3 is 15.8 Å². The SMILES string of the molecule is COc1cc(NC(=O)CS(C)(=O)=O)ccc1N. The van der Waals surface area contributed by atoms with Crippen LogP contribution in [0.25, 0.3) is 0 Å². The van der Waals surface area contributed by atoms with Crippen molar-refractivity contribution in [2.24, 2.45) is 0 Å². The van der Waals surface area contributed by atoms with Gasteiger partial charge in [-0.05, 0) is 12.1 Å². The molecule has 0 unspecified atom stereocenters. The average Bonchev–Trinajstić information content (AvgIpc) is 2.18. The van der Waals surface area contributed by atoms with Crippen LogP contribution in [-0.2, 0) is 14.6 Å². The topological polar surface area (TPSA) is 98.5 Å². The van der Waals surface area contributed by atoms with Crippen molar-refractivity contribution >= 4 is 27.1 Å². The highest BCUT2D eigenvalue weighted by atomic mass is 32.2. The first-order valence-corrected chi connectivity index (χ1v) is 6.79. The number of ether oxygens (including phenoxy) is 1. The number of hydrogen-bond acceptors (Lipinski definition) is 5. The molecule has 0 radical (unpaired) electrons. The van der Waals surface area contributed by atoms with E-state index in [1.165, 1.54) is 13.2 Å². The van der Waals surface area contributed by atoms with Crippen molar-refractivity contribution in [2.45, 2.75) is 0 Å². The van der Waals surface area contributed by atoms with E-state index < -0.39 is 21.5 Å². The number of sulfone groups is 1. The molecule has 0 saturated heterocycles. The van der Waals surface area contributed by atoms with Gasteiger partial charge in [0.15, 0.2) is 9.84 Å². The minimum absolute atomic E-state index is 0.419. The summed E-state index contributed by atoms with van der Waals surface area (Å²) in [5.74, 6) is -0.735. The molecule has 0 aromatic heterocycles. The summed E-state index contributed by atoms with van der Waals surface area (Å²) in [5.41, 5.74) is 6.47. The van der Waals surface area contributed by atoms with Gasteiger partial charge in [-0.15, -0.1) is 0 Å². The first-order valence-electron chi connectivity index (χ1n) is 4.73. The molecule has 0 aliphatic heterocycles. The molecule has 1 aromatic rings. The third-order valence-corrected chi connectivity index (χ3v) is 2.70. The van der Waals surface area contributed by atoms with Gasteiger partial charge >= 0.3 is 0 Å². The summed E-state index contributed by atoms with van der Waals surface area (Å²) in [4.78, 5) is 11.4. The standard InChI is InChI=1S/C10H14N2O4S/c1-16-9-5-7(3-4-8(9)11)12-10(13)6-17(2,14)15/h3-5H,6,11H2,1-2H3,(H,12,13). The zero-order chi connectivity index (χ0) is 13.1. The fourth-order valence-electron chi connectivity index (χ4n) is 1.22. The Morgan fingerprint density at radius 2 is 2.12 bits per heavy atom. The highest BCUT2D eigenvalue weighted by molar-refractivity contribution is 7.91. The van der Waals surface area contributed by atoms with Gasteiger partial charge in [-0.25, -0.2) is 8.42 Å². The maximum Gasteiger partial charge on any atom is 0.239 e. The van der Waals surface area contributed by atoms with E-state index in [4.69, 9.17) is 10.5 Å². The molecule has 0 fully saturated rings. The molecule has 0 spiro atoms. The van der Waals surface area contributed by atoms with Crippen LogP contribution in [0.15, 0.2) is 18.2 Å². The molecule has 17 heavy (non-hydrogen) atoms. The molecule has 0 aliphatic rings. The number of carbonyl (C=O) groups is 1. The molecular formula is C10H14N2O4S. The number of nitrogens with two attached hydrogens (primary N) is 1. The van der Waals surface area contributed by atoms with Crippen LogP contribution >= 0.6 is 0 Å². The maximum atomic E-state index is 11.4. The van der Waals surface area contributed by atoms with Crippen molar-refractivity contribution in [1.82, 2.24) is 0 Å². The first-order chi connectivity index (χ1) is 7.81. The van der Waals surface area contributed by atoms with E-state index in [-0.39, 0.29) is 0 Å². The van der Waals surface area contributed by atoms with Crippen LogP contribution in [0.4, 0.5) is 11.4 Å². The number of hydrogen-bond donors (Lipinski definition) is 2. The van der Waals surface area contributed by atoms with Gasteiger partial charge in [0.2, 0.25) is 5.91 Å². The van der Waals surface area contributed by atoms with Gasteiger partial charge in [0.25, 0.3) is 0 Å². The van der Waals surface area contributed by atoms with Crippen LogP contribution in [0.3, 0.4) is 0 Å². The van der Waals surface area contributed by atoms with Crippen LogP contribution in [0, 0.1) is 0 Å². The summed E-state index contributed by atoms with van der Waals surface area (Å²) in [6, 6.07) is 4.66. The third-order valence-electron chi connectivity index (χ3n) is 1.91. The minimum atomic E-state index is -3.34. The summed E-state index contributed by atoms with van der Waals surface area (Å²) in [7, 11) is -1.88. The maximum absolute atomic E-state index is 11.4. The van der Waals surface area contributed by atoms with Crippen molar-refractivity contribution in [3.05, 3.63) is 18.2 Å². The lowest BCUT2D eigenvalue weighted by atomic mass is 10.2. The van der Waals surface area contributed by atoms with Gasteiger partial charge in [-0.1, -0.05) is 0 Å². The zero-order valence-electron chi connectivity index (χ0n) is 9.56. The molecule has 1 rings (SSSR count). The van der Waals surface area contributed by atoms with Gasteiger partial charge in [-0.3, -0.25) is 4.79 Å². The van der Waals surface area contributed by atoms with E-state index in [2.05, 4.69) is 5.32 Å². The van der Waals surface area contributed by atoms with Crippen molar-refractivity contribution in [1.29, 1.82) is 0 Å². The molecule has 3 N–H and O–H groups in total. The van der Waals surface area contributed by atoms with Crippen molar-refractivity contribution in [2.75, 3.05) is 30.2 Å². The summed E-state index contributed by atoms with van der Waals surface area (Å²) < 4.78 is 26.8. The van der Waals surface area contributed by atoms with E-state index in [0.717, 1.165) is 6.26 Å². The van der Waals surface area contributed by atoms with Gasteiger partial charge in [0, 0.05) is 18.0 Å². The lowest BCUT2D eigenvalue weighted by Gasteiger charge is -2.08. The van der Waals surface area contributed by atoms with Gasteiger partial charge in [0.05, 0.1) is 12.8 Å². The number of rotatable bonds is 4. The van der Waals surface area contributed by atoms with Crippen LogP contribution in [0.5, 0.6) is 5.75 Å². The number of benzene rings is 1. The minimum Gasteiger partial charge on any atom is -0.495 e. The number of amides is 1. The van der Waals surface area contributed by atoms with Gasteiger partial charge in [-0.2, -0.15) is 0 Å². The van der Waals surface area contributed by atoms with Gasteiger partial charge in [0.1, 0.15) is 11.5 Å². The van der Waals surface area contributed by atoms with Crippen molar-refractivity contribution < 1.29 is 17.9 Å². The van der Waals surface area contributed by atoms with Crippen LogP contribution in [-0.4, -0.2) is 33.4 Å². The Bertz CT molecular complexity index is 525. The molecular weight excluding hydrogens is 244 g/mol. The predicted octanol–water partition coefficient (Wildman–Crippen LogP) is 0.261. The fraction of sp³-hybridized carbons (Fsp3) is 0.300. The second kappa shape index (κ2) is 5.05.